The van der Waals surface area contributed by atoms with E-state index >= 15 is 0 Å². The molecule has 0 aromatic heterocycles. The van der Waals surface area contributed by atoms with Gasteiger partial charge in [-0.1, -0.05) is 13.3 Å². The number of rotatable bonds is 5. The van der Waals surface area contributed by atoms with E-state index in [4.69, 9.17) is 0 Å². The minimum absolute atomic E-state index is 0.728. The Hall–Kier alpha value is -0.0800. The molecule has 2 nitrogen and oxygen atoms in total. The van der Waals surface area contributed by atoms with Gasteiger partial charge in [-0.2, -0.15) is 0 Å². The molecule has 0 aliphatic carbocycles. The predicted molar refractivity (Wildman–Crippen MR) is 58.0 cm³/mol. The quantitative estimate of drug-likeness (QED) is 0.636. The van der Waals surface area contributed by atoms with E-state index in [1.54, 1.807) is 0 Å². The van der Waals surface area contributed by atoms with Crippen LogP contribution < -0.4 is 10.6 Å². The molecule has 2 N–H and O–H groups in total. The van der Waals surface area contributed by atoms with E-state index in [2.05, 4.69) is 24.5 Å². The molecular weight excluding hydrogens is 160 g/mol. The average Bonchev–Trinajstić information content (AvgIpc) is 2.13. The zero-order valence-electron chi connectivity index (χ0n) is 9.10. The summed E-state index contributed by atoms with van der Waals surface area (Å²) in [5.41, 5.74) is 0. The third-order valence-corrected chi connectivity index (χ3v) is 2.87. The first-order valence-corrected chi connectivity index (χ1v) is 5.77. The lowest BCUT2D eigenvalue weighted by Crippen LogP contribution is -2.39. The van der Waals surface area contributed by atoms with Gasteiger partial charge in [0.25, 0.3) is 0 Å². The minimum atomic E-state index is 0.728. The van der Waals surface area contributed by atoms with E-state index in [0.717, 1.165) is 12.0 Å². The van der Waals surface area contributed by atoms with Crippen molar-refractivity contribution in [3.8, 4) is 0 Å². The molecule has 1 fully saturated rings. The van der Waals surface area contributed by atoms with Gasteiger partial charge in [-0.25, -0.2) is 0 Å². The second-order valence-electron chi connectivity index (χ2n) is 4.30. The van der Waals surface area contributed by atoms with E-state index in [9.17, 15) is 0 Å². The Balaban J connectivity index is 2.00. The molecule has 0 saturated carbocycles. The van der Waals surface area contributed by atoms with E-state index in [1.165, 1.54) is 45.3 Å². The molecule has 0 radical (unpaired) electrons. The Morgan fingerprint density at radius 1 is 1.46 bits per heavy atom. The summed E-state index contributed by atoms with van der Waals surface area (Å²) in [4.78, 5) is 0. The van der Waals surface area contributed by atoms with Crippen molar-refractivity contribution in [3.63, 3.8) is 0 Å². The molecule has 1 heterocycles. The molecule has 2 unspecified atom stereocenters. The first kappa shape index (κ1) is 11.0. The van der Waals surface area contributed by atoms with Crippen molar-refractivity contribution in [2.45, 2.75) is 45.6 Å². The Bertz CT molecular complexity index is 125. The standard InChI is InChI=1S/C11H24N2/c1-3-4-6-12-9-11-5-7-13-10(2)8-11/h10-13H,3-9H2,1-2H3. The van der Waals surface area contributed by atoms with Crippen LogP contribution in [0.2, 0.25) is 0 Å². The van der Waals surface area contributed by atoms with Gasteiger partial charge in [0.15, 0.2) is 0 Å². The fourth-order valence-electron chi connectivity index (χ4n) is 2.03. The van der Waals surface area contributed by atoms with Crippen molar-refractivity contribution in [1.82, 2.24) is 10.6 Å². The third kappa shape index (κ3) is 4.63. The number of hydrogen-bond acceptors (Lipinski definition) is 2. The topological polar surface area (TPSA) is 24.1 Å². The molecule has 0 amide bonds. The van der Waals surface area contributed by atoms with Crippen molar-refractivity contribution in [1.29, 1.82) is 0 Å². The van der Waals surface area contributed by atoms with Gasteiger partial charge >= 0.3 is 0 Å². The molecule has 1 aliphatic heterocycles. The van der Waals surface area contributed by atoms with Gasteiger partial charge in [-0.3, -0.25) is 0 Å². The molecule has 0 spiro atoms. The zero-order valence-corrected chi connectivity index (χ0v) is 9.10. The molecule has 2 heteroatoms. The second-order valence-corrected chi connectivity index (χ2v) is 4.30. The van der Waals surface area contributed by atoms with E-state index < -0.39 is 0 Å². The maximum Gasteiger partial charge on any atom is 0.00418 e. The fourth-order valence-corrected chi connectivity index (χ4v) is 2.03. The van der Waals surface area contributed by atoms with E-state index in [0.29, 0.717) is 0 Å². The van der Waals surface area contributed by atoms with Crippen LogP contribution in [0.3, 0.4) is 0 Å². The lowest BCUT2D eigenvalue weighted by molar-refractivity contribution is 0.304. The molecule has 1 aliphatic rings. The Morgan fingerprint density at radius 2 is 2.31 bits per heavy atom. The summed E-state index contributed by atoms with van der Waals surface area (Å²) in [5.74, 6) is 0.910. The third-order valence-electron chi connectivity index (χ3n) is 2.87. The highest BCUT2D eigenvalue weighted by Crippen LogP contribution is 2.14. The molecule has 2 atom stereocenters. The molecule has 13 heavy (non-hydrogen) atoms. The first-order valence-electron chi connectivity index (χ1n) is 5.77. The Morgan fingerprint density at radius 3 is 3.00 bits per heavy atom. The van der Waals surface area contributed by atoms with Gasteiger partial charge in [0.1, 0.15) is 0 Å². The van der Waals surface area contributed by atoms with Crippen molar-refractivity contribution in [2.75, 3.05) is 19.6 Å². The lowest BCUT2D eigenvalue weighted by Gasteiger charge is -2.28. The summed E-state index contributed by atoms with van der Waals surface area (Å²) in [7, 11) is 0. The van der Waals surface area contributed by atoms with Gasteiger partial charge in [0, 0.05) is 6.04 Å². The van der Waals surface area contributed by atoms with Gasteiger partial charge < -0.3 is 10.6 Å². The van der Waals surface area contributed by atoms with Crippen LogP contribution in [-0.4, -0.2) is 25.7 Å². The van der Waals surface area contributed by atoms with Crippen LogP contribution in [0.15, 0.2) is 0 Å². The SMILES string of the molecule is CCCCNCC1CCNC(C)C1. The van der Waals surface area contributed by atoms with Gasteiger partial charge in [-0.15, -0.1) is 0 Å². The van der Waals surface area contributed by atoms with Gasteiger partial charge in [-0.05, 0) is 51.7 Å². The largest absolute Gasteiger partial charge is 0.316 e. The number of piperidine rings is 1. The number of hydrogen-bond donors (Lipinski definition) is 2. The number of unbranched alkanes of at least 4 members (excludes halogenated alkanes) is 1. The maximum atomic E-state index is 3.55. The summed E-state index contributed by atoms with van der Waals surface area (Å²) in [5, 5.41) is 7.03. The van der Waals surface area contributed by atoms with Crippen LogP contribution in [0, 0.1) is 5.92 Å². The highest BCUT2D eigenvalue weighted by atomic mass is 14.9. The zero-order chi connectivity index (χ0) is 9.52. The first-order chi connectivity index (χ1) is 6.33. The molecular formula is C11H24N2. The van der Waals surface area contributed by atoms with Crippen LogP contribution in [0.1, 0.15) is 39.5 Å². The predicted octanol–water partition coefficient (Wildman–Crippen LogP) is 1.76. The monoisotopic (exact) mass is 184 g/mol. The molecule has 1 rings (SSSR count). The molecule has 0 aromatic carbocycles. The summed E-state index contributed by atoms with van der Waals surface area (Å²) in [6.07, 6.45) is 5.32. The van der Waals surface area contributed by atoms with Crippen molar-refractivity contribution >= 4 is 0 Å². The summed E-state index contributed by atoms with van der Waals surface area (Å²) >= 11 is 0. The number of nitrogens with one attached hydrogen (secondary N) is 2. The van der Waals surface area contributed by atoms with Crippen molar-refractivity contribution in [2.24, 2.45) is 5.92 Å². The maximum absolute atomic E-state index is 3.55. The fraction of sp³-hybridized carbons (Fsp3) is 1.00. The summed E-state index contributed by atoms with van der Waals surface area (Å²) in [6.45, 7) is 8.18. The highest BCUT2D eigenvalue weighted by Gasteiger charge is 2.17. The molecule has 0 bridgehead atoms. The van der Waals surface area contributed by atoms with Gasteiger partial charge in [0.2, 0.25) is 0 Å². The van der Waals surface area contributed by atoms with Gasteiger partial charge in [0.05, 0.1) is 0 Å². The summed E-state index contributed by atoms with van der Waals surface area (Å²) < 4.78 is 0. The molecule has 78 valence electrons. The average molecular weight is 184 g/mol. The minimum Gasteiger partial charge on any atom is -0.316 e. The van der Waals surface area contributed by atoms with Crippen molar-refractivity contribution < 1.29 is 0 Å². The van der Waals surface area contributed by atoms with Crippen LogP contribution in [0.5, 0.6) is 0 Å². The van der Waals surface area contributed by atoms with E-state index in [-0.39, 0.29) is 0 Å². The van der Waals surface area contributed by atoms with Crippen LogP contribution >= 0.6 is 0 Å². The Labute approximate surface area is 82.5 Å². The smallest absolute Gasteiger partial charge is 0.00418 e. The van der Waals surface area contributed by atoms with E-state index in [1.807, 2.05) is 0 Å². The normalized spacial score (nSPS) is 29.1. The highest BCUT2D eigenvalue weighted by molar-refractivity contribution is 4.76. The van der Waals surface area contributed by atoms with Crippen LogP contribution in [0.4, 0.5) is 0 Å². The Kier molecular flexibility index (Phi) is 5.40. The molecule has 1 saturated heterocycles. The lowest BCUT2D eigenvalue weighted by atomic mass is 9.93. The van der Waals surface area contributed by atoms with Crippen LogP contribution in [0.25, 0.3) is 0 Å². The van der Waals surface area contributed by atoms with Crippen LogP contribution in [-0.2, 0) is 0 Å². The van der Waals surface area contributed by atoms with Crippen molar-refractivity contribution in [3.05, 3.63) is 0 Å². The molecule has 0 aromatic rings. The second kappa shape index (κ2) is 6.39. The summed E-state index contributed by atoms with van der Waals surface area (Å²) in [6, 6.07) is 0.728.